The number of ether oxygens (including phenoxy) is 1. The molecule has 0 saturated carbocycles. The zero-order valence-electron chi connectivity index (χ0n) is 9.22. The molecule has 94 valence electrons. The van der Waals surface area contributed by atoms with Crippen molar-refractivity contribution in [2.45, 2.75) is 55.4 Å². The van der Waals surface area contributed by atoms with E-state index in [1.165, 1.54) is 0 Å². The van der Waals surface area contributed by atoms with Crippen molar-refractivity contribution in [2.75, 3.05) is 0 Å². The van der Waals surface area contributed by atoms with E-state index in [0.717, 1.165) is 12.8 Å². The highest BCUT2D eigenvalue weighted by molar-refractivity contribution is 14.1. The van der Waals surface area contributed by atoms with E-state index in [2.05, 4.69) is 27.6 Å². The Morgan fingerprint density at radius 1 is 1.56 bits per heavy atom. The number of alkyl halides is 4. The minimum Gasteiger partial charge on any atom is -0.470 e. The molecule has 2 nitrogen and oxygen atoms in total. The first-order chi connectivity index (χ1) is 7.34. The number of rotatable bonds is 3. The maximum absolute atomic E-state index is 12.5. The van der Waals surface area contributed by atoms with Crippen LogP contribution in [0.5, 0.6) is 0 Å². The average Bonchev–Trinajstić information content (AvgIpc) is 2.16. The quantitative estimate of drug-likeness (QED) is 0.562. The second kappa shape index (κ2) is 5.55. The normalized spacial score (nSPS) is 28.2. The molecule has 16 heavy (non-hydrogen) atoms. The van der Waals surface area contributed by atoms with Gasteiger partial charge in [-0.25, -0.2) is 4.99 Å². The van der Waals surface area contributed by atoms with E-state index in [0.29, 0.717) is 6.42 Å². The van der Waals surface area contributed by atoms with Gasteiger partial charge in [0.2, 0.25) is 0 Å². The van der Waals surface area contributed by atoms with Crippen molar-refractivity contribution >= 4 is 28.5 Å². The van der Waals surface area contributed by atoms with Gasteiger partial charge in [-0.1, -0.05) is 35.9 Å². The molecule has 0 aromatic heterocycles. The first-order valence-corrected chi connectivity index (χ1v) is 6.54. The van der Waals surface area contributed by atoms with Gasteiger partial charge in [-0.05, 0) is 13.3 Å². The molecule has 0 N–H and O–H groups in total. The van der Waals surface area contributed by atoms with E-state index in [9.17, 15) is 13.2 Å². The minimum absolute atomic E-state index is 0.109. The Balaban J connectivity index is 2.71. The van der Waals surface area contributed by atoms with Crippen LogP contribution in [0.3, 0.4) is 0 Å². The third-order valence-corrected chi connectivity index (χ3v) is 3.81. The molecular formula is C10H15F3INO. The second-order valence-electron chi connectivity index (χ2n) is 3.98. The van der Waals surface area contributed by atoms with E-state index in [-0.39, 0.29) is 16.1 Å². The SMILES string of the molecule is CCC[C@H](I)[C@H]1CC(C)N=C(C(F)(F)F)O1. The smallest absolute Gasteiger partial charge is 0.468 e. The Morgan fingerprint density at radius 3 is 2.69 bits per heavy atom. The third-order valence-electron chi connectivity index (χ3n) is 2.38. The molecule has 0 bridgehead atoms. The summed E-state index contributed by atoms with van der Waals surface area (Å²) in [6.45, 7) is 3.70. The zero-order chi connectivity index (χ0) is 12.3. The maximum Gasteiger partial charge on any atom is 0.468 e. The van der Waals surface area contributed by atoms with Crippen LogP contribution in [0.15, 0.2) is 4.99 Å². The van der Waals surface area contributed by atoms with Gasteiger partial charge in [0.1, 0.15) is 6.10 Å². The highest BCUT2D eigenvalue weighted by Crippen LogP contribution is 2.29. The van der Waals surface area contributed by atoms with Crippen LogP contribution in [0.2, 0.25) is 0 Å². The molecule has 1 rings (SSSR count). The van der Waals surface area contributed by atoms with Gasteiger partial charge in [0.25, 0.3) is 5.90 Å². The van der Waals surface area contributed by atoms with E-state index >= 15 is 0 Å². The van der Waals surface area contributed by atoms with Gasteiger partial charge in [0, 0.05) is 10.3 Å². The van der Waals surface area contributed by atoms with Gasteiger partial charge in [0.05, 0.1) is 6.04 Å². The summed E-state index contributed by atoms with van der Waals surface area (Å²) in [6, 6.07) is -0.315. The molecule has 0 aromatic rings. The fraction of sp³-hybridized carbons (Fsp3) is 0.900. The van der Waals surface area contributed by atoms with Crippen LogP contribution in [-0.4, -0.2) is 28.1 Å². The van der Waals surface area contributed by atoms with Crippen LogP contribution in [0.4, 0.5) is 13.2 Å². The van der Waals surface area contributed by atoms with E-state index in [1.807, 2.05) is 6.92 Å². The lowest BCUT2D eigenvalue weighted by Gasteiger charge is -2.30. The summed E-state index contributed by atoms with van der Waals surface area (Å²) in [6.07, 6.45) is -2.46. The fourth-order valence-electron chi connectivity index (χ4n) is 1.63. The maximum atomic E-state index is 12.5. The molecule has 1 aliphatic rings. The Kier molecular flexibility index (Phi) is 4.88. The fourth-order valence-corrected chi connectivity index (χ4v) is 2.70. The third kappa shape index (κ3) is 3.78. The van der Waals surface area contributed by atoms with Gasteiger partial charge in [-0.3, -0.25) is 0 Å². The molecule has 0 fully saturated rings. The number of halogens is 4. The summed E-state index contributed by atoms with van der Waals surface area (Å²) in [4.78, 5) is 3.51. The molecule has 0 saturated heterocycles. The van der Waals surface area contributed by atoms with Crippen molar-refractivity contribution in [1.82, 2.24) is 0 Å². The predicted molar refractivity (Wildman–Crippen MR) is 65.2 cm³/mol. The number of hydrogen-bond donors (Lipinski definition) is 0. The molecule has 6 heteroatoms. The summed E-state index contributed by atoms with van der Waals surface area (Å²) in [7, 11) is 0. The van der Waals surface area contributed by atoms with Gasteiger partial charge in [-0.15, -0.1) is 0 Å². The molecule has 0 aliphatic carbocycles. The summed E-state index contributed by atoms with van der Waals surface area (Å²) in [5, 5.41) is 0. The lowest BCUT2D eigenvalue weighted by Crippen LogP contribution is -2.40. The monoisotopic (exact) mass is 349 g/mol. The molecule has 1 heterocycles. The van der Waals surface area contributed by atoms with Crippen LogP contribution >= 0.6 is 22.6 Å². The molecule has 0 radical (unpaired) electrons. The van der Waals surface area contributed by atoms with Crippen molar-refractivity contribution in [2.24, 2.45) is 4.99 Å². The van der Waals surface area contributed by atoms with E-state index < -0.39 is 12.1 Å². The van der Waals surface area contributed by atoms with Gasteiger partial charge < -0.3 is 4.74 Å². The summed E-state index contributed by atoms with van der Waals surface area (Å²) in [5.41, 5.74) is 0. The highest BCUT2D eigenvalue weighted by Gasteiger charge is 2.43. The van der Waals surface area contributed by atoms with Crippen LogP contribution in [-0.2, 0) is 4.74 Å². The Morgan fingerprint density at radius 2 is 2.19 bits per heavy atom. The van der Waals surface area contributed by atoms with Crippen LogP contribution in [0, 0.1) is 0 Å². The molecule has 3 atom stereocenters. The van der Waals surface area contributed by atoms with Crippen LogP contribution < -0.4 is 0 Å². The first-order valence-electron chi connectivity index (χ1n) is 5.30. The second-order valence-corrected chi connectivity index (χ2v) is 5.58. The Bertz CT molecular complexity index is 267. The van der Waals surface area contributed by atoms with Crippen molar-refractivity contribution in [3.8, 4) is 0 Å². The minimum atomic E-state index is -4.46. The van der Waals surface area contributed by atoms with Gasteiger partial charge in [0.15, 0.2) is 0 Å². The lowest BCUT2D eigenvalue weighted by atomic mass is 10.0. The zero-order valence-corrected chi connectivity index (χ0v) is 11.4. The predicted octanol–water partition coefficient (Wildman–Crippen LogP) is 3.73. The van der Waals surface area contributed by atoms with Gasteiger partial charge in [-0.2, -0.15) is 13.2 Å². The van der Waals surface area contributed by atoms with E-state index in [4.69, 9.17) is 4.74 Å². The summed E-state index contributed by atoms with van der Waals surface area (Å²) in [5.74, 6) is -1.06. The standard InChI is InChI=1S/C10H15F3INO/c1-3-4-7(14)8-5-6(2)15-9(16-8)10(11,12)13/h6-8H,3-5H2,1-2H3/t6?,7-,8+/m0/s1. The molecular weight excluding hydrogens is 334 g/mol. The highest BCUT2D eigenvalue weighted by atomic mass is 127. The summed E-state index contributed by atoms with van der Waals surface area (Å²) < 4.78 is 42.5. The largest absolute Gasteiger partial charge is 0.470 e. The number of hydrogen-bond acceptors (Lipinski definition) is 2. The lowest BCUT2D eigenvalue weighted by molar-refractivity contribution is -0.0874. The first kappa shape index (κ1) is 14.1. The molecule has 0 amide bonds. The van der Waals surface area contributed by atoms with Crippen molar-refractivity contribution in [3.05, 3.63) is 0 Å². The summed E-state index contributed by atoms with van der Waals surface area (Å²) >= 11 is 2.16. The molecule has 1 unspecified atom stereocenters. The number of nitrogens with zero attached hydrogens (tertiary/aromatic N) is 1. The average molecular weight is 349 g/mol. The number of aliphatic imine (C=N–C) groups is 1. The van der Waals surface area contributed by atoms with Crippen LogP contribution in [0.25, 0.3) is 0 Å². The van der Waals surface area contributed by atoms with Crippen molar-refractivity contribution in [3.63, 3.8) is 0 Å². The van der Waals surface area contributed by atoms with Gasteiger partial charge >= 0.3 is 6.18 Å². The molecule has 0 spiro atoms. The topological polar surface area (TPSA) is 21.6 Å². The molecule has 1 aliphatic heterocycles. The van der Waals surface area contributed by atoms with E-state index in [1.54, 1.807) is 6.92 Å². The van der Waals surface area contributed by atoms with Crippen molar-refractivity contribution < 1.29 is 17.9 Å². The molecule has 0 aromatic carbocycles. The van der Waals surface area contributed by atoms with Crippen LogP contribution in [0.1, 0.15) is 33.1 Å². The van der Waals surface area contributed by atoms with Crippen molar-refractivity contribution in [1.29, 1.82) is 0 Å². The Hall–Kier alpha value is -0.0100. The Labute approximate surface area is 107 Å².